The van der Waals surface area contributed by atoms with E-state index in [1.54, 1.807) is 12.4 Å². The molecule has 0 atom stereocenters. The molecular weight excluding hydrogens is 318 g/mol. The van der Waals surface area contributed by atoms with Crippen LogP contribution < -0.4 is 5.32 Å². The summed E-state index contributed by atoms with van der Waals surface area (Å²) in [6.45, 7) is 6.41. The van der Waals surface area contributed by atoms with E-state index in [0.717, 1.165) is 4.47 Å². The Morgan fingerprint density at radius 2 is 1.65 bits per heavy atom. The average Bonchev–Trinajstić information content (AvgIpc) is 2.40. The number of amides is 1. The van der Waals surface area contributed by atoms with Crippen LogP contribution in [0.15, 0.2) is 41.1 Å². The topological polar surface area (TPSA) is 54.9 Å². The Bertz CT molecular complexity index is 601. The summed E-state index contributed by atoms with van der Waals surface area (Å²) in [5.74, 6) is 0.0749. The zero-order chi connectivity index (χ0) is 14.8. The maximum atomic E-state index is 12.1. The summed E-state index contributed by atoms with van der Waals surface area (Å²) in [5, 5.41) is 2.66. The Kier molecular flexibility index (Phi) is 4.18. The van der Waals surface area contributed by atoms with Gasteiger partial charge in [0.2, 0.25) is 5.95 Å². The molecule has 20 heavy (non-hydrogen) atoms. The highest BCUT2D eigenvalue weighted by Gasteiger charge is 2.14. The first kappa shape index (κ1) is 14.7. The van der Waals surface area contributed by atoms with E-state index in [-0.39, 0.29) is 17.3 Å². The number of aromatic nitrogens is 2. The second-order valence-electron chi connectivity index (χ2n) is 5.51. The molecule has 0 aliphatic carbocycles. The van der Waals surface area contributed by atoms with E-state index in [1.165, 1.54) is 5.56 Å². The lowest BCUT2D eigenvalue weighted by molar-refractivity contribution is 0.102. The summed E-state index contributed by atoms with van der Waals surface area (Å²) in [7, 11) is 0. The van der Waals surface area contributed by atoms with Crippen molar-refractivity contribution in [1.82, 2.24) is 9.97 Å². The Morgan fingerprint density at radius 1 is 1.10 bits per heavy atom. The molecule has 0 bridgehead atoms. The van der Waals surface area contributed by atoms with Gasteiger partial charge in [0, 0.05) is 18.0 Å². The maximum Gasteiger partial charge on any atom is 0.258 e. The molecule has 104 valence electrons. The van der Waals surface area contributed by atoms with Gasteiger partial charge in [-0.1, -0.05) is 32.9 Å². The molecule has 1 heterocycles. The summed E-state index contributed by atoms with van der Waals surface area (Å²) < 4.78 is 0.769. The van der Waals surface area contributed by atoms with E-state index in [0.29, 0.717) is 5.56 Å². The molecule has 0 aliphatic rings. The molecule has 0 saturated heterocycles. The van der Waals surface area contributed by atoms with Crippen LogP contribution in [0.1, 0.15) is 36.7 Å². The lowest BCUT2D eigenvalue weighted by Crippen LogP contribution is -2.15. The van der Waals surface area contributed by atoms with Crippen molar-refractivity contribution in [2.75, 3.05) is 5.32 Å². The number of carbonyl (C=O) groups excluding carboxylic acids is 1. The van der Waals surface area contributed by atoms with Gasteiger partial charge < -0.3 is 0 Å². The molecule has 1 aromatic carbocycles. The zero-order valence-corrected chi connectivity index (χ0v) is 13.2. The van der Waals surface area contributed by atoms with Crippen LogP contribution in [-0.4, -0.2) is 15.9 Å². The second-order valence-corrected chi connectivity index (χ2v) is 6.42. The van der Waals surface area contributed by atoms with E-state index in [4.69, 9.17) is 0 Å². The van der Waals surface area contributed by atoms with Gasteiger partial charge in [-0.05, 0) is 39.0 Å². The van der Waals surface area contributed by atoms with Gasteiger partial charge in [0.15, 0.2) is 0 Å². The van der Waals surface area contributed by atoms with Gasteiger partial charge >= 0.3 is 0 Å². The van der Waals surface area contributed by atoms with Crippen LogP contribution in [0.25, 0.3) is 0 Å². The molecule has 0 aliphatic heterocycles. The molecule has 0 saturated carbocycles. The number of carbonyl (C=O) groups is 1. The lowest BCUT2D eigenvalue weighted by Gasteiger charge is -2.18. The third-order valence-electron chi connectivity index (χ3n) is 2.86. The van der Waals surface area contributed by atoms with Gasteiger partial charge in [0.25, 0.3) is 5.91 Å². The number of anilines is 1. The maximum absolute atomic E-state index is 12.1. The van der Waals surface area contributed by atoms with Crippen LogP contribution in [-0.2, 0) is 5.41 Å². The number of nitrogens with zero attached hydrogens (tertiary/aromatic N) is 2. The first-order valence-electron chi connectivity index (χ1n) is 6.26. The van der Waals surface area contributed by atoms with Crippen molar-refractivity contribution in [3.8, 4) is 0 Å². The zero-order valence-electron chi connectivity index (χ0n) is 11.6. The Hall–Kier alpha value is -1.75. The van der Waals surface area contributed by atoms with Crippen molar-refractivity contribution in [3.63, 3.8) is 0 Å². The van der Waals surface area contributed by atoms with E-state index in [9.17, 15) is 4.79 Å². The van der Waals surface area contributed by atoms with Crippen molar-refractivity contribution in [3.05, 3.63) is 52.3 Å². The summed E-state index contributed by atoms with van der Waals surface area (Å²) in [6.07, 6.45) is 3.18. The normalized spacial score (nSPS) is 11.2. The molecule has 1 amide bonds. The van der Waals surface area contributed by atoms with Gasteiger partial charge in [-0.3, -0.25) is 10.1 Å². The Balaban J connectivity index is 2.11. The number of benzene rings is 1. The van der Waals surface area contributed by atoms with Crippen molar-refractivity contribution in [1.29, 1.82) is 0 Å². The van der Waals surface area contributed by atoms with E-state index in [1.807, 2.05) is 24.3 Å². The smallest absolute Gasteiger partial charge is 0.258 e. The highest BCUT2D eigenvalue weighted by molar-refractivity contribution is 9.10. The molecule has 4 nitrogen and oxygen atoms in total. The lowest BCUT2D eigenvalue weighted by atomic mass is 9.87. The van der Waals surface area contributed by atoms with Crippen LogP contribution >= 0.6 is 15.9 Å². The molecule has 0 spiro atoms. The number of rotatable bonds is 2. The Labute approximate surface area is 126 Å². The van der Waals surface area contributed by atoms with Gasteiger partial charge in [0.05, 0.1) is 4.47 Å². The predicted molar refractivity (Wildman–Crippen MR) is 82.8 cm³/mol. The van der Waals surface area contributed by atoms with Crippen molar-refractivity contribution in [2.24, 2.45) is 0 Å². The fourth-order valence-corrected chi connectivity index (χ4v) is 1.88. The van der Waals surface area contributed by atoms with Crippen LogP contribution in [0, 0.1) is 0 Å². The molecule has 0 fully saturated rings. The molecule has 0 unspecified atom stereocenters. The summed E-state index contributed by atoms with van der Waals surface area (Å²) in [5.41, 5.74) is 1.85. The highest BCUT2D eigenvalue weighted by atomic mass is 79.9. The SMILES string of the molecule is CC(C)(C)c1ccc(C(=O)Nc2ncc(Br)cn2)cc1. The quantitative estimate of drug-likeness (QED) is 0.909. The number of hydrogen-bond acceptors (Lipinski definition) is 3. The number of halogens is 1. The van der Waals surface area contributed by atoms with Crippen molar-refractivity contribution < 1.29 is 4.79 Å². The average molecular weight is 334 g/mol. The van der Waals surface area contributed by atoms with Crippen LogP contribution in [0.4, 0.5) is 5.95 Å². The summed E-state index contributed by atoms with van der Waals surface area (Å²) >= 11 is 3.25. The standard InChI is InChI=1S/C15H16BrN3O/c1-15(2,3)11-6-4-10(5-7-11)13(20)19-14-17-8-12(16)9-18-14/h4-9H,1-3H3,(H,17,18,19,20). The summed E-state index contributed by atoms with van der Waals surface area (Å²) in [4.78, 5) is 20.1. The van der Waals surface area contributed by atoms with Crippen molar-refractivity contribution >= 4 is 27.8 Å². The van der Waals surface area contributed by atoms with Gasteiger partial charge in [-0.25, -0.2) is 9.97 Å². The molecule has 2 rings (SSSR count). The van der Waals surface area contributed by atoms with E-state index in [2.05, 4.69) is 52.0 Å². The van der Waals surface area contributed by atoms with E-state index < -0.39 is 0 Å². The minimum Gasteiger partial charge on any atom is -0.290 e. The first-order valence-corrected chi connectivity index (χ1v) is 7.05. The van der Waals surface area contributed by atoms with Crippen LogP contribution in [0.2, 0.25) is 0 Å². The fraction of sp³-hybridized carbons (Fsp3) is 0.267. The highest BCUT2D eigenvalue weighted by Crippen LogP contribution is 2.22. The minimum atomic E-state index is -0.215. The monoisotopic (exact) mass is 333 g/mol. The molecule has 1 N–H and O–H groups in total. The van der Waals surface area contributed by atoms with E-state index >= 15 is 0 Å². The second kappa shape index (κ2) is 5.71. The molecule has 0 radical (unpaired) electrons. The third kappa shape index (κ3) is 3.63. The molecular formula is C15H16BrN3O. The fourth-order valence-electron chi connectivity index (χ4n) is 1.67. The minimum absolute atomic E-state index is 0.0732. The largest absolute Gasteiger partial charge is 0.290 e. The Morgan fingerprint density at radius 3 is 2.15 bits per heavy atom. The molecule has 2 aromatic rings. The van der Waals surface area contributed by atoms with Crippen LogP contribution in [0.3, 0.4) is 0 Å². The molecule has 5 heteroatoms. The summed E-state index contributed by atoms with van der Waals surface area (Å²) in [6, 6.07) is 7.57. The van der Waals surface area contributed by atoms with Gasteiger partial charge in [-0.15, -0.1) is 0 Å². The molecule has 1 aromatic heterocycles. The number of hydrogen-bond donors (Lipinski definition) is 1. The van der Waals surface area contributed by atoms with Gasteiger partial charge in [0.1, 0.15) is 0 Å². The third-order valence-corrected chi connectivity index (χ3v) is 3.27. The predicted octanol–water partition coefficient (Wildman–Crippen LogP) is 3.79. The first-order chi connectivity index (χ1) is 9.36. The van der Waals surface area contributed by atoms with Gasteiger partial charge in [-0.2, -0.15) is 0 Å². The van der Waals surface area contributed by atoms with Crippen LogP contribution in [0.5, 0.6) is 0 Å². The number of nitrogens with one attached hydrogen (secondary N) is 1. The van der Waals surface area contributed by atoms with Crippen molar-refractivity contribution in [2.45, 2.75) is 26.2 Å².